The number of non-ortho nitro benzene ring substituents is 1. The van der Waals surface area contributed by atoms with E-state index < -0.39 is 4.92 Å². The van der Waals surface area contributed by atoms with Crippen LogP contribution in [-0.2, 0) is 0 Å². The Labute approximate surface area is 177 Å². The molecule has 1 amide bonds. The van der Waals surface area contributed by atoms with Gasteiger partial charge >= 0.3 is 0 Å². The average Bonchev–Trinajstić information content (AvgIpc) is 3.15. The van der Waals surface area contributed by atoms with Gasteiger partial charge in [-0.05, 0) is 25.1 Å². The molecule has 1 saturated heterocycles. The number of amides is 1. The zero-order chi connectivity index (χ0) is 21.3. The molecule has 1 aromatic carbocycles. The maximum Gasteiger partial charge on any atom is 0.271 e. The summed E-state index contributed by atoms with van der Waals surface area (Å²) in [4.78, 5) is 31.4. The fourth-order valence-corrected chi connectivity index (χ4v) is 3.80. The normalized spacial score (nSPS) is 14.1. The molecule has 0 saturated carbocycles. The van der Waals surface area contributed by atoms with Crippen LogP contribution in [0.5, 0.6) is 0 Å². The Balaban J connectivity index is 1.50. The molecule has 0 spiro atoms. The van der Waals surface area contributed by atoms with Gasteiger partial charge in [0, 0.05) is 56.3 Å². The highest BCUT2D eigenvalue weighted by atomic mass is 35.5. The smallest absolute Gasteiger partial charge is 0.271 e. The van der Waals surface area contributed by atoms with Gasteiger partial charge in [-0.2, -0.15) is 0 Å². The third-order valence-corrected chi connectivity index (χ3v) is 5.38. The molecule has 0 bridgehead atoms. The molecule has 2 aromatic heterocycles. The lowest BCUT2D eigenvalue weighted by molar-refractivity contribution is -0.384. The molecule has 0 unspecified atom stereocenters. The van der Waals surface area contributed by atoms with Gasteiger partial charge in [-0.3, -0.25) is 19.9 Å². The van der Waals surface area contributed by atoms with Crippen LogP contribution >= 0.6 is 11.6 Å². The van der Waals surface area contributed by atoms with Crippen molar-refractivity contribution in [1.29, 1.82) is 0 Å². The Morgan fingerprint density at radius 1 is 1.17 bits per heavy atom. The molecule has 3 aromatic rings. The first-order valence-electron chi connectivity index (χ1n) is 9.30. The van der Waals surface area contributed by atoms with E-state index in [1.54, 1.807) is 42.4 Å². The highest BCUT2D eigenvalue weighted by Gasteiger charge is 2.29. The lowest BCUT2D eigenvalue weighted by Gasteiger charge is -2.36. The van der Waals surface area contributed by atoms with Crippen LogP contribution in [0.25, 0.3) is 11.3 Å². The van der Waals surface area contributed by atoms with Crippen LogP contribution in [0.1, 0.15) is 16.1 Å². The van der Waals surface area contributed by atoms with Crippen LogP contribution in [0.2, 0.25) is 5.02 Å². The van der Waals surface area contributed by atoms with Crippen LogP contribution in [0.15, 0.2) is 47.2 Å². The van der Waals surface area contributed by atoms with Crippen molar-refractivity contribution in [3.05, 3.63) is 69.2 Å². The van der Waals surface area contributed by atoms with E-state index in [1.807, 2.05) is 4.90 Å². The second-order valence-electron chi connectivity index (χ2n) is 6.87. The molecule has 1 aliphatic rings. The van der Waals surface area contributed by atoms with Crippen molar-refractivity contribution in [3.8, 4) is 11.3 Å². The highest BCUT2D eigenvalue weighted by Crippen LogP contribution is 2.31. The molecule has 10 heteroatoms. The predicted molar refractivity (Wildman–Crippen MR) is 111 cm³/mol. The monoisotopic (exact) mass is 427 g/mol. The lowest BCUT2D eigenvalue weighted by atomic mass is 10.1. The van der Waals surface area contributed by atoms with Gasteiger partial charge in [0.15, 0.2) is 0 Å². The minimum Gasteiger partial charge on any atom is -0.367 e. The summed E-state index contributed by atoms with van der Waals surface area (Å²) in [5.41, 5.74) is 2.38. The molecule has 0 N–H and O–H groups in total. The first kappa shape index (κ1) is 19.8. The number of nitro benzene ring substituents is 1. The predicted octanol–water partition coefficient (Wildman–Crippen LogP) is 3.57. The Bertz CT molecular complexity index is 1090. The van der Waals surface area contributed by atoms with E-state index in [9.17, 15) is 14.9 Å². The fraction of sp³-hybridized carbons (Fsp3) is 0.250. The Kier molecular flexibility index (Phi) is 5.37. The summed E-state index contributed by atoms with van der Waals surface area (Å²) in [7, 11) is 0. The first-order chi connectivity index (χ1) is 14.5. The summed E-state index contributed by atoms with van der Waals surface area (Å²) in [5, 5.41) is 15.3. The summed E-state index contributed by atoms with van der Waals surface area (Å²) in [6.07, 6.45) is 3.28. The number of aryl methyl sites for hydroxylation is 1. The molecule has 3 heterocycles. The number of nitro groups is 1. The third kappa shape index (κ3) is 3.71. The molecule has 30 heavy (non-hydrogen) atoms. The van der Waals surface area contributed by atoms with Crippen molar-refractivity contribution in [2.45, 2.75) is 6.92 Å². The van der Waals surface area contributed by atoms with Crippen LogP contribution in [0.4, 0.5) is 11.4 Å². The molecule has 4 rings (SSSR count). The van der Waals surface area contributed by atoms with Gasteiger partial charge in [-0.25, -0.2) is 0 Å². The number of benzene rings is 1. The largest absolute Gasteiger partial charge is 0.367 e. The molecule has 0 atom stereocenters. The van der Waals surface area contributed by atoms with Crippen LogP contribution in [0, 0.1) is 17.0 Å². The van der Waals surface area contributed by atoms with Crippen LogP contribution < -0.4 is 4.90 Å². The number of carbonyl (C=O) groups excluding carboxylic acids is 1. The number of rotatable bonds is 4. The van der Waals surface area contributed by atoms with E-state index >= 15 is 0 Å². The number of nitrogens with zero attached hydrogens (tertiary/aromatic N) is 5. The number of hydrogen-bond acceptors (Lipinski definition) is 7. The number of hydrogen-bond donors (Lipinski definition) is 0. The molecule has 154 valence electrons. The molecular weight excluding hydrogens is 410 g/mol. The number of aromatic nitrogens is 2. The van der Waals surface area contributed by atoms with E-state index in [0.717, 1.165) is 5.56 Å². The first-order valence-corrected chi connectivity index (χ1v) is 9.68. The zero-order valence-corrected chi connectivity index (χ0v) is 16.9. The van der Waals surface area contributed by atoms with Crippen LogP contribution in [-0.4, -0.2) is 52.1 Å². The van der Waals surface area contributed by atoms with Crippen molar-refractivity contribution in [1.82, 2.24) is 15.0 Å². The average molecular weight is 428 g/mol. The Hall–Kier alpha value is -3.46. The van der Waals surface area contributed by atoms with Gasteiger partial charge < -0.3 is 14.3 Å². The van der Waals surface area contributed by atoms with Gasteiger partial charge in [-0.1, -0.05) is 16.8 Å². The van der Waals surface area contributed by atoms with Gasteiger partial charge in [-0.15, -0.1) is 0 Å². The number of piperazine rings is 1. The van der Waals surface area contributed by atoms with Crippen molar-refractivity contribution in [2.24, 2.45) is 0 Å². The molecular formula is C20H18ClN5O4. The van der Waals surface area contributed by atoms with E-state index in [2.05, 4.69) is 10.1 Å². The van der Waals surface area contributed by atoms with E-state index in [0.29, 0.717) is 53.9 Å². The van der Waals surface area contributed by atoms with Gasteiger partial charge in [0.05, 0.1) is 15.6 Å². The number of carbonyl (C=O) groups is 1. The summed E-state index contributed by atoms with van der Waals surface area (Å²) < 4.78 is 5.30. The summed E-state index contributed by atoms with van der Waals surface area (Å²) >= 11 is 6.24. The van der Waals surface area contributed by atoms with Crippen molar-refractivity contribution >= 4 is 28.9 Å². The van der Waals surface area contributed by atoms with Crippen LogP contribution in [0.3, 0.4) is 0 Å². The maximum atomic E-state index is 13.2. The summed E-state index contributed by atoms with van der Waals surface area (Å²) in [6, 6.07) is 7.98. The van der Waals surface area contributed by atoms with E-state index in [1.165, 1.54) is 12.1 Å². The molecule has 0 aliphatic carbocycles. The standard InChI is InChI=1S/C20H18ClN5O4/c1-13-18(19(23-30-13)14-4-6-22-7-5-14)20(27)25-10-8-24(9-11-25)17-3-2-15(26(28)29)12-16(17)21/h2-7,12H,8-11H2,1H3. The van der Waals surface area contributed by atoms with E-state index in [-0.39, 0.29) is 11.6 Å². The summed E-state index contributed by atoms with van der Waals surface area (Å²) in [6.45, 7) is 3.79. The quantitative estimate of drug-likeness (QED) is 0.462. The molecule has 9 nitrogen and oxygen atoms in total. The Morgan fingerprint density at radius 2 is 1.87 bits per heavy atom. The van der Waals surface area contributed by atoms with Gasteiger partial charge in [0.1, 0.15) is 17.0 Å². The third-order valence-electron chi connectivity index (χ3n) is 5.08. The van der Waals surface area contributed by atoms with E-state index in [4.69, 9.17) is 16.1 Å². The number of anilines is 1. The second-order valence-corrected chi connectivity index (χ2v) is 7.28. The molecule has 1 fully saturated rings. The lowest BCUT2D eigenvalue weighted by Crippen LogP contribution is -2.49. The topological polar surface area (TPSA) is 106 Å². The van der Waals surface area contributed by atoms with Gasteiger partial charge in [0.25, 0.3) is 11.6 Å². The fourth-order valence-electron chi connectivity index (χ4n) is 3.51. The SMILES string of the molecule is Cc1onc(-c2ccncc2)c1C(=O)N1CCN(c2ccc([N+](=O)[O-])cc2Cl)CC1. The maximum absolute atomic E-state index is 13.2. The minimum absolute atomic E-state index is 0.0517. The minimum atomic E-state index is -0.478. The molecule has 0 radical (unpaired) electrons. The summed E-state index contributed by atoms with van der Waals surface area (Å²) in [5.74, 6) is 0.322. The highest BCUT2D eigenvalue weighted by molar-refractivity contribution is 6.33. The van der Waals surface area contributed by atoms with Crippen molar-refractivity contribution in [3.63, 3.8) is 0 Å². The molecule has 1 aliphatic heterocycles. The second kappa shape index (κ2) is 8.11. The number of pyridine rings is 1. The van der Waals surface area contributed by atoms with Gasteiger partial charge in [0.2, 0.25) is 0 Å². The Morgan fingerprint density at radius 3 is 2.50 bits per heavy atom. The van der Waals surface area contributed by atoms with Crippen molar-refractivity contribution < 1.29 is 14.2 Å². The van der Waals surface area contributed by atoms with Crippen molar-refractivity contribution in [2.75, 3.05) is 31.1 Å². The number of halogens is 1. The zero-order valence-electron chi connectivity index (χ0n) is 16.1.